The lowest BCUT2D eigenvalue weighted by Gasteiger charge is -2.32. The van der Waals surface area contributed by atoms with Crippen molar-refractivity contribution in [3.05, 3.63) is 23.3 Å². The van der Waals surface area contributed by atoms with Crippen LogP contribution in [0.2, 0.25) is 0 Å². The molecule has 1 saturated carbocycles. The van der Waals surface area contributed by atoms with Crippen LogP contribution in [0.3, 0.4) is 0 Å². The summed E-state index contributed by atoms with van der Waals surface area (Å²) < 4.78 is 39.1. The van der Waals surface area contributed by atoms with Gasteiger partial charge in [-0.3, -0.25) is 9.83 Å². The van der Waals surface area contributed by atoms with Gasteiger partial charge in [0.25, 0.3) is 0 Å². The summed E-state index contributed by atoms with van der Waals surface area (Å²) in [5.74, 6) is 0. The number of nitriles is 1. The first-order chi connectivity index (χ1) is 11.0. The molecule has 0 atom stereocenters. The molecule has 2 aliphatic rings. The third-order valence-corrected chi connectivity index (χ3v) is 4.12. The van der Waals surface area contributed by atoms with Gasteiger partial charge in [0.2, 0.25) is 0 Å². The Bertz CT molecular complexity index is 658. The lowest BCUT2D eigenvalue weighted by Crippen LogP contribution is -2.34. The van der Waals surface area contributed by atoms with E-state index in [0.29, 0.717) is 12.2 Å². The summed E-state index contributed by atoms with van der Waals surface area (Å²) in [5, 5.41) is 10.6. The molecule has 23 heavy (non-hydrogen) atoms. The van der Waals surface area contributed by atoms with Crippen molar-refractivity contribution in [3.8, 4) is 6.07 Å². The predicted molar refractivity (Wildman–Crippen MR) is 79.6 cm³/mol. The molecule has 0 unspecified atom stereocenters. The molecule has 7 heteroatoms. The number of hydrogen-bond donors (Lipinski definition) is 0. The Morgan fingerprint density at radius 1 is 1.22 bits per heavy atom. The maximum Gasteiger partial charge on any atom is 0.417 e. The molecule has 0 bridgehead atoms. The highest BCUT2D eigenvalue weighted by atomic mass is 19.4. The summed E-state index contributed by atoms with van der Waals surface area (Å²) >= 11 is 0. The fraction of sp³-hybridized carbons (Fsp3) is 0.500. The molecule has 122 valence electrons. The molecule has 1 aliphatic heterocycles. The van der Waals surface area contributed by atoms with Crippen LogP contribution in [0.5, 0.6) is 0 Å². The Balaban J connectivity index is 1.92. The minimum absolute atomic E-state index is 0.0657. The maximum absolute atomic E-state index is 13.0. The topological polar surface area (TPSA) is 48.6 Å². The van der Waals surface area contributed by atoms with E-state index in [1.165, 1.54) is 18.7 Å². The van der Waals surface area contributed by atoms with Gasteiger partial charge in [0.15, 0.2) is 0 Å². The molecule has 1 aliphatic carbocycles. The Morgan fingerprint density at radius 3 is 2.61 bits per heavy atom. The van der Waals surface area contributed by atoms with Crippen molar-refractivity contribution in [2.75, 3.05) is 11.6 Å². The van der Waals surface area contributed by atoms with E-state index in [-0.39, 0.29) is 11.8 Å². The quantitative estimate of drug-likeness (QED) is 0.812. The zero-order valence-corrected chi connectivity index (χ0v) is 12.4. The van der Waals surface area contributed by atoms with Gasteiger partial charge in [-0.2, -0.15) is 18.4 Å². The zero-order chi connectivity index (χ0) is 16.4. The monoisotopic (exact) mass is 323 g/mol. The largest absolute Gasteiger partial charge is 0.417 e. The molecule has 0 spiro atoms. The Kier molecular flexibility index (Phi) is 4.26. The molecule has 0 aromatic heterocycles. The fourth-order valence-corrected chi connectivity index (χ4v) is 2.97. The number of benzene rings is 1. The number of hydroxylamine groups is 1. The van der Waals surface area contributed by atoms with Gasteiger partial charge < -0.3 is 0 Å². The smallest absolute Gasteiger partial charge is 0.270 e. The van der Waals surface area contributed by atoms with Gasteiger partial charge in [-0.1, -0.05) is 19.3 Å². The van der Waals surface area contributed by atoms with E-state index in [1.54, 1.807) is 11.1 Å². The molecule has 0 N–H and O–H groups in total. The van der Waals surface area contributed by atoms with Crippen molar-refractivity contribution < 1.29 is 18.0 Å². The van der Waals surface area contributed by atoms with Gasteiger partial charge in [0.1, 0.15) is 0 Å². The number of fused-ring (bicyclic) bond motifs is 1. The van der Waals surface area contributed by atoms with Crippen LogP contribution < -0.4 is 5.06 Å². The van der Waals surface area contributed by atoms with Crippen LogP contribution in [-0.4, -0.2) is 18.9 Å². The highest BCUT2D eigenvalue weighted by molar-refractivity contribution is 5.82. The molecule has 1 fully saturated rings. The van der Waals surface area contributed by atoms with E-state index in [2.05, 4.69) is 4.99 Å². The van der Waals surface area contributed by atoms with Crippen LogP contribution in [0.1, 0.15) is 43.2 Å². The van der Waals surface area contributed by atoms with Crippen molar-refractivity contribution >= 4 is 17.6 Å². The molecule has 0 radical (unpaired) electrons. The SMILES string of the molecule is N#Cc1cc2c(cc1C(F)(F)F)N=CCN2OC1CCCCC1. The summed E-state index contributed by atoms with van der Waals surface area (Å²) in [6.45, 7) is 0.361. The second-order valence-corrected chi connectivity index (χ2v) is 5.73. The zero-order valence-electron chi connectivity index (χ0n) is 12.4. The number of anilines is 1. The van der Waals surface area contributed by atoms with Gasteiger partial charge in [0.05, 0.1) is 41.2 Å². The van der Waals surface area contributed by atoms with Crippen LogP contribution in [0.25, 0.3) is 0 Å². The van der Waals surface area contributed by atoms with Crippen LogP contribution in [0.4, 0.5) is 24.5 Å². The van der Waals surface area contributed by atoms with Crippen molar-refractivity contribution in [3.63, 3.8) is 0 Å². The van der Waals surface area contributed by atoms with Gasteiger partial charge in [0, 0.05) is 6.21 Å². The first-order valence-corrected chi connectivity index (χ1v) is 7.61. The molecular weight excluding hydrogens is 307 g/mol. The molecule has 1 heterocycles. The number of hydrogen-bond acceptors (Lipinski definition) is 4. The van der Waals surface area contributed by atoms with Gasteiger partial charge >= 0.3 is 6.18 Å². The predicted octanol–water partition coefficient (Wildman–Crippen LogP) is 4.36. The normalized spacial score (nSPS) is 18.6. The van der Waals surface area contributed by atoms with Crippen molar-refractivity contribution in [1.82, 2.24) is 0 Å². The molecule has 0 saturated heterocycles. The summed E-state index contributed by atoms with van der Waals surface area (Å²) in [6, 6.07) is 3.76. The standard InChI is InChI=1S/C16H16F3N3O/c17-16(18,19)13-9-14-15(8-11(13)10-20)22(7-6-21-14)23-12-4-2-1-3-5-12/h6,8-9,12H,1-5,7H2. The molecule has 4 nitrogen and oxygen atoms in total. The van der Waals surface area contributed by atoms with Gasteiger partial charge in [-0.05, 0) is 25.0 Å². The van der Waals surface area contributed by atoms with Crippen LogP contribution in [0.15, 0.2) is 17.1 Å². The van der Waals surface area contributed by atoms with E-state index < -0.39 is 17.3 Å². The number of alkyl halides is 3. The summed E-state index contributed by atoms with van der Waals surface area (Å²) in [4.78, 5) is 9.96. The Morgan fingerprint density at radius 2 is 1.96 bits per heavy atom. The second-order valence-electron chi connectivity index (χ2n) is 5.73. The van der Waals surface area contributed by atoms with Gasteiger partial charge in [-0.25, -0.2) is 5.06 Å². The maximum atomic E-state index is 13.0. The first kappa shape index (κ1) is 15.8. The van der Waals surface area contributed by atoms with Crippen LogP contribution in [0, 0.1) is 11.3 Å². The number of halogens is 3. The highest BCUT2D eigenvalue weighted by Crippen LogP contribution is 2.41. The van der Waals surface area contributed by atoms with Crippen molar-refractivity contribution in [2.24, 2.45) is 4.99 Å². The second kappa shape index (κ2) is 6.20. The average molecular weight is 323 g/mol. The van der Waals surface area contributed by atoms with E-state index in [0.717, 1.165) is 31.7 Å². The number of nitrogens with zero attached hydrogens (tertiary/aromatic N) is 3. The van der Waals surface area contributed by atoms with Crippen molar-refractivity contribution in [2.45, 2.75) is 44.4 Å². The van der Waals surface area contributed by atoms with E-state index in [4.69, 9.17) is 10.1 Å². The fourth-order valence-electron chi connectivity index (χ4n) is 2.97. The molecule has 1 aromatic carbocycles. The summed E-state index contributed by atoms with van der Waals surface area (Å²) in [6.07, 6.45) is 2.26. The lowest BCUT2D eigenvalue weighted by atomic mass is 9.98. The minimum atomic E-state index is -4.58. The average Bonchev–Trinajstić information content (AvgIpc) is 2.54. The summed E-state index contributed by atoms with van der Waals surface area (Å²) in [5.41, 5.74) is -0.776. The number of rotatable bonds is 2. The summed E-state index contributed by atoms with van der Waals surface area (Å²) in [7, 11) is 0. The first-order valence-electron chi connectivity index (χ1n) is 7.61. The van der Waals surface area contributed by atoms with E-state index in [1.807, 2.05) is 0 Å². The van der Waals surface area contributed by atoms with Crippen molar-refractivity contribution in [1.29, 1.82) is 5.26 Å². The third-order valence-electron chi connectivity index (χ3n) is 4.12. The minimum Gasteiger partial charge on any atom is -0.270 e. The Labute approximate surface area is 132 Å². The van der Waals surface area contributed by atoms with E-state index in [9.17, 15) is 13.2 Å². The lowest BCUT2D eigenvalue weighted by molar-refractivity contribution is -0.137. The molecule has 1 aromatic rings. The molecule has 0 amide bonds. The third kappa shape index (κ3) is 3.32. The Hall–Kier alpha value is -2.07. The molecule has 3 rings (SSSR count). The number of aliphatic imine (C=N–C) groups is 1. The molecular formula is C16H16F3N3O. The van der Waals surface area contributed by atoms with Gasteiger partial charge in [-0.15, -0.1) is 0 Å². The highest BCUT2D eigenvalue weighted by Gasteiger charge is 2.35. The van der Waals surface area contributed by atoms with Crippen LogP contribution in [-0.2, 0) is 11.0 Å². The van der Waals surface area contributed by atoms with Crippen LogP contribution >= 0.6 is 0 Å². The van der Waals surface area contributed by atoms with E-state index >= 15 is 0 Å².